The van der Waals surface area contributed by atoms with Gasteiger partial charge >= 0.3 is 6.18 Å². The van der Waals surface area contributed by atoms with Crippen LogP contribution in [0.25, 0.3) is 0 Å². The van der Waals surface area contributed by atoms with E-state index >= 15 is 0 Å². The minimum atomic E-state index is -4.90. The number of halogens is 3. The third-order valence-electron chi connectivity index (χ3n) is 3.95. The largest absolute Gasteiger partial charge is 0.438 e. The number of unbranched alkanes of at least 4 members (excludes halogenated alkanes) is 3. The molecule has 21 heavy (non-hydrogen) atoms. The third-order valence-corrected chi connectivity index (χ3v) is 3.95. The Bertz CT molecular complexity index is 432. The predicted octanol–water partition coefficient (Wildman–Crippen LogP) is 3.21. The van der Waals surface area contributed by atoms with Crippen LogP contribution in [0.15, 0.2) is 5.10 Å². The highest BCUT2D eigenvalue weighted by atomic mass is 19.4. The summed E-state index contributed by atoms with van der Waals surface area (Å²) < 4.78 is 39.4. The number of carbonyl (C=O) groups is 1. The van der Waals surface area contributed by atoms with E-state index in [2.05, 4.69) is 5.10 Å². The Kier molecular flexibility index (Phi) is 4.60. The van der Waals surface area contributed by atoms with Gasteiger partial charge in [-0.3, -0.25) is 4.79 Å². The van der Waals surface area contributed by atoms with Gasteiger partial charge in [-0.1, -0.05) is 26.2 Å². The van der Waals surface area contributed by atoms with E-state index in [1.165, 1.54) is 0 Å². The normalized spacial score (nSPS) is 26.1. The molecule has 2 aliphatic rings. The van der Waals surface area contributed by atoms with Gasteiger partial charge in [0.25, 0.3) is 5.72 Å². The van der Waals surface area contributed by atoms with Crippen molar-refractivity contribution in [3.63, 3.8) is 0 Å². The van der Waals surface area contributed by atoms with Gasteiger partial charge in [-0.05, 0) is 25.7 Å². The Balaban J connectivity index is 2.07. The first kappa shape index (κ1) is 16.3. The Morgan fingerprint density at radius 3 is 2.57 bits per heavy atom. The maximum atomic E-state index is 13.1. The summed E-state index contributed by atoms with van der Waals surface area (Å²) in [6, 6.07) is 0. The summed E-state index contributed by atoms with van der Waals surface area (Å²) in [5.41, 5.74) is -2.90. The predicted molar refractivity (Wildman–Crippen MR) is 71.4 cm³/mol. The molecule has 1 atom stereocenters. The minimum Gasteiger partial charge on any atom is -0.362 e. The van der Waals surface area contributed by atoms with Crippen LogP contribution in [0, 0.1) is 5.92 Å². The second kappa shape index (κ2) is 5.94. The van der Waals surface area contributed by atoms with E-state index in [0.717, 1.165) is 25.7 Å². The molecule has 0 spiro atoms. The first-order valence-corrected chi connectivity index (χ1v) is 7.49. The zero-order chi connectivity index (χ0) is 15.7. The van der Waals surface area contributed by atoms with Crippen LogP contribution in [0.3, 0.4) is 0 Å². The molecule has 0 unspecified atom stereocenters. The van der Waals surface area contributed by atoms with Crippen molar-refractivity contribution in [2.45, 2.75) is 70.2 Å². The van der Waals surface area contributed by atoms with E-state index in [4.69, 9.17) is 0 Å². The molecule has 0 aromatic carbocycles. The molecule has 0 aromatic heterocycles. The lowest BCUT2D eigenvalue weighted by Gasteiger charge is -2.32. The van der Waals surface area contributed by atoms with Gasteiger partial charge in [0.1, 0.15) is 0 Å². The molecule has 0 aromatic rings. The first-order valence-electron chi connectivity index (χ1n) is 7.49. The molecule has 120 valence electrons. The van der Waals surface area contributed by atoms with Crippen molar-refractivity contribution in [1.29, 1.82) is 0 Å². The molecular formula is C14H21F3N2O2. The van der Waals surface area contributed by atoms with Crippen LogP contribution in [-0.4, -0.2) is 33.6 Å². The van der Waals surface area contributed by atoms with Crippen LogP contribution in [0.4, 0.5) is 13.2 Å². The molecule has 0 saturated heterocycles. The number of carbonyl (C=O) groups excluding carboxylic acids is 1. The van der Waals surface area contributed by atoms with Gasteiger partial charge in [-0.15, -0.1) is 0 Å². The van der Waals surface area contributed by atoms with Gasteiger partial charge in [0.2, 0.25) is 5.91 Å². The standard InChI is InChI=1S/C14H21F3N2O2/c1-2-3-4-5-6-11-9-13(21,14(15,16)17)19(18-11)12(20)10-7-8-10/h10,21H,2-9H2,1H3/t13-/m1/s1. The van der Waals surface area contributed by atoms with Crippen molar-refractivity contribution in [3.05, 3.63) is 0 Å². The molecule has 1 aliphatic carbocycles. The third kappa shape index (κ3) is 3.39. The molecule has 1 saturated carbocycles. The lowest BCUT2D eigenvalue weighted by molar-refractivity contribution is -0.302. The molecule has 1 aliphatic heterocycles. The summed E-state index contributed by atoms with van der Waals surface area (Å²) >= 11 is 0. The van der Waals surface area contributed by atoms with Gasteiger partial charge in [-0.2, -0.15) is 23.3 Å². The summed E-state index contributed by atoms with van der Waals surface area (Å²) in [6.07, 6.45) is -0.287. The number of rotatable bonds is 6. The maximum absolute atomic E-state index is 13.1. The second-order valence-corrected chi connectivity index (χ2v) is 5.89. The number of aliphatic hydroxyl groups is 1. The highest BCUT2D eigenvalue weighted by Crippen LogP contribution is 2.44. The Hall–Kier alpha value is -1.11. The van der Waals surface area contributed by atoms with Gasteiger partial charge in [-0.25, -0.2) is 0 Å². The summed E-state index contributed by atoms with van der Waals surface area (Å²) in [5.74, 6) is -1.12. The van der Waals surface area contributed by atoms with Crippen LogP contribution < -0.4 is 0 Å². The van der Waals surface area contributed by atoms with Crippen molar-refractivity contribution in [2.24, 2.45) is 11.0 Å². The fourth-order valence-corrected chi connectivity index (χ4v) is 2.47. The molecule has 2 rings (SSSR count). The monoisotopic (exact) mass is 306 g/mol. The quantitative estimate of drug-likeness (QED) is 0.766. The molecule has 7 heteroatoms. The lowest BCUT2D eigenvalue weighted by Crippen LogP contribution is -2.57. The highest BCUT2D eigenvalue weighted by Gasteiger charge is 2.63. The number of nitrogens with zero attached hydrogens (tertiary/aromatic N) is 2. The van der Waals surface area contributed by atoms with E-state index in [1.54, 1.807) is 0 Å². The first-order chi connectivity index (χ1) is 9.79. The molecule has 1 amide bonds. The van der Waals surface area contributed by atoms with E-state index in [9.17, 15) is 23.1 Å². The topological polar surface area (TPSA) is 52.9 Å². The van der Waals surface area contributed by atoms with Crippen LogP contribution >= 0.6 is 0 Å². The van der Waals surface area contributed by atoms with E-state index < -0.39 is 30.1 Å². The van der Waals surface area contributed by atoms with E-state index in [1.807, 2.05) is 6.92 Å². The number of hydrogen-bond donors (Lipinski definition) is 1. The molecule has 0 bridgehead atoms. The number of alkyl halides is 3. The fraction of sp³-hybridized carbons (Fsp3) is 0.857. The fourth-order valence-electron chi connectivity index (χ4n) is 2.47. The summed E-state index contributed by atoms with van der Waals surface area (Å²) in [7, 11) is 0. The van der Waals surface area contributed by atoms with Crippen LogP contribution in [-0.2, 0) is 4.79 Å². The lowest BCUT2D eigenvalue weighted by atomic mass is 10.0. The summed E-state index contributed by atoms with van der Waals surface area (Å²) in [4.78, 5) is 12.0. The molecule has 4 nitrogen and oxygen atoms in total. The molecular weight excluding hydrogens is 285 g/mol. The molecule has 0 radical (unpaired) electrons. The highest BCUT2D eigenvalue weighted by molar-refractivity contribution is 5.91. The van der Waals surface area contributed by atoms with Gasteiger partial charge in [0, 0.05) is 18.1 Å². The maximum Gasteiger partial charge on any atom is 0.438 e. The van der Waals surface area contributed by atoms with Gasteiger partial charge < -0.3 is 5.11 Å². The zero-order valence-corrected chi connectivity index (χ0v) is 12.1. The average Bonchev–Trinajstić information content (AvgIpc) is 3.17. The number of amides is 1. The number of hydrogen-bond acceptors (Lipinski definition) is 3. The molecule has 1 fully saturated rings. The van der Waals surface area contributed by atoms with Crippen molar-refractivity contribution in [1.82, 2.24) is 5.01 Å². The summed E-state index contributed by atoms with van der Waals surface area (Å²) in [6.45, 7) is 2.05. The SMILES string of the molecule is CCCCCCC1=NN(C(=O)C2CC2)[C@](O)(C(F)(F)F)C1. The minimum absolute atomic E-state index is 0.264. The zero-order valence-electron chi connectivity index (χ0n) is 12.1. The van der Waals surface area contributed by atoms with Crippen LogP contribution in [0.1, 0.15) is 58.3 Å². The summed E-state index contributed by atoms with van der Waals surface area (Å²) in [5, 5.41) is 14.1. The number of hydrazone groups is 1. The second-order valence-electron chi connectivity index (χ2n) is 5.89. The van der Waals surface area contributed by atoms with Crippen molar-refractivity contribution in [2.75, 3.05) is 0 Å². The average molecular weight is 306 g/mol. The smallest absolute Gasteiger partial charge is 0.362 e. The Morgan fingerprint density at radius 1 is 1.38 bits per heavy atom. The van der Waals surface area contributed by atoms with Crippen LogP contribution in [0.5, 0.6) is 0 Å². The van der Waals surface area contributed by atoms with E-state index in [-0.39, 0.29) is 5.71 Å². The van der Waals surface area contributed by atoms with Gasteiger partial charge in [0.05, 0.1) is 0 Å². The van der Waals surface area contributed by atoms with Crippen molar-refractivity contribution >= 4 is 11.6 Å². The Labute approximate surface area is 122 Å². The van der Waals surface area contributed by atoms with Crippen molar-refractivity contribution < 1.29 is 23.1 Å². The molecule has 1 heterocycles. The van der Waals surface area contributed by atoms with Crippen LogP contribution in [0.2, 0.25) is 0 Å². The van der Waals surface area contributed by atoms with E-state index in [0.29, 0.717) is 24.3 Å². The molecule has 1 N–H and O–H groups in total. The van der Waals surface area contributed by atoms with Crippen molar-refractivity contribution in [3.8, 4) is 0 Å². The Morgan fingerprint density at radius 2 is 2.05 bits per heavy atom. The van der Waals surface area contributed by atoms with Gasteiger partial charge in [0.15, 0.2) is 0 Å².